The van der Waals surface area contributed by atoms with Crippen molar-refractivity contribution in [3.8, 4) is 0 Å². The molecule has 2 heterocycles. The summed E-state index contributed by atoms with van der Waals surface area (Å²) >= 11 is 0. The monoisotopic (exact) mass is 296 g/mol. The van der Waals surface area contributed by atoms with Crippen molar-refractivity contribution in [2.45, 2.75) is 32.1 Å². The van der Waals surface area contributed by atoms with Crippen molar-refractivity contribution in [2.24, 2.45) is 7.05 Å². The van der Waals surface area contributed by atoms with Crippen molar-refractivity contribution < 1.29 is 4.79 Å². The second-order valence-corrected chi connectivity index (χ2v) is 6.68. The SMILES string of the molecule is Cc1c(C(=O)N2CCC[C@@](C)(c3ccccc3)C2)ccn1C. The van der Waals surface area contributed by atoms with E-state index in [1.54, 1.807) is 0 Å². The molecule has 22 heavy (non-hydrogen) atoms. The molecule has 3 nitrogen and oxygen atoms in total. The van der Waals surface area contributed by atoms with Crippen LogP contribution >= 0.6 is 0 Å². The van der Waals surface area contributed by atoms with Crippen LogP contribution in [0.4, 0.5) is 0 Å². The molecule has 1 aromatic carbocycles. The summed E-state index contributed by atoms with van der Waals surface area (Å²) in [5.74, 6) is 0.167. The van der Waals surface area contributed by atoms with Crippen molar-refractivity contribution in [3.05, 3.63) is 59.4 Å². The zero-order chi connectivity index (χ0) is 15.7. The number of nitrogens with zero attached hydrogens (tertiary/aromatic N) is 2. The molecule has 1 aliphatic rings. The minimum absolute atomic E-state index is 0.0534. The summed E-state index contributed by atoms with van der Waals surface area (Å²) < 4.78 is 2.01. The highest BCUT2D eigenvalue weighted by Gasteiger charge is 2.35. The molecular weight excluding hydrogens is 272 g/mol. The molecular formula is C19H24N2O. The van der Waals surface area contributed by atoms with Crippen molar-refractivity contribution in [3.63, 3.8) is 0 Å². The summed E-state index contributed by atoms with van der Waals surface area (Å²) in [5, 5.41) is 0. The van der Waals surface area contributed by atoms with Crippen LogP contribution in [-0.4, -0.2) is 28.5 Å². The summed E-state index contributed by atoms with van der Waals surface area (Å²) in [6.45, 7) is 5.94. The zero-order valence-corrected chi connectivity index (χ0v) is 13.7. The smallest absolute Gasteiger partial charge is 0.255 e. The highest BCUT2D eigenvalue weighted by Crippen LogP contribution is 2.34. The van der Waals surface area contributed by atoms with E-state index in [2.05, 4.69) is 31.2 Å². The summed E-state index contributed by atoms with van der Waals surface area (Å²) in [5.41, 5.74) is 3.26. The van der Waals surface area contributed by atoms with Gasteiger partial charge in [-0.15, -0.1) is 0 Å². The first-order chi connectivity index (χ1) is 10.5. The number of aryl methyl sites for hydroxylation is 1. The second kappa shape index (κ2) is 5.64. The molecule has 1 amide bonds. The lowest BCUT2D eigenvalue weighted by atomic mass is 9.76. The summed E-state index contributed by atoms with van der Waals surface area (Å²) in [4.78, 5) is 14.9. The van der Waals surface area contributed by atoms with Gasteiger partial charge in [0.2, 0.25) is 0 Å². The Hall–Kier alpha value is -2.03. The first-order valence-corrected chi connectivity index (χ1v) is 7.98. The van der Waals surface area contributed by atoms with E-state index in [1.807, 2.05) is 41.8 Å². The van der Waals surface area contributed by atoms with Crippen LogP contribution in [0.25, 0.3) is 0 Å². The molecule has 0 N–H and O–H groups in total. The first kappa shape index (κ1) is 14.9. The van der Waals surface area contributed by atoms with Gasteiger partial charge in [-0.05, 0) is 31.4 Å². The van der Waals surface area contributed by atoms with E-state index in [0.717, 1.165) is 37.2 Å². The zero-order valence-electron chi connectivity index (χ0n) is 13.7. The molecule has 116 valence electrons. The highest BCUT2D eigenvalue weighted by molar-refractivity contribution is 5.95. The van der Waals surface area contributed by atoms with E-state index in [1.165, 1.54) is 5.56 Å². The number of hydrogen-bond acceptors (Lipinski definition) is 1. The average Bonchev–Trinajstić information content (AvgIpc) is 2.87. The topological polar surface area (TPSA) is 25.2 Å². The van der Waals surface area contributed by atoms with E-state index in [4.69, 9.17) is 0 Å². The summed E-state index contributed by atoms with van der Waals surface area (Å²) in [7, 11) is 1.98. The van der Waals surface area contributed by atoms with Crippen molar-refractivity contribution in [1.82, 2.24) is 9.47 Å². The average molecular weight is 296 g/mol. The van der Waals surface area contributed by atoms with Gasteiger partial charge in [0, 0.05) is 37.4 Å². The van der Waals surface area contributed by atoms with Gasteiger partial charge < -0.3 is 9.47 Å². The van der Waals surface area contributed by atoms with Crippen molar-refractivity contribution in [2.75, 3.05) is 13.1 Å². The molecule has 1 aromatic heterocycles. The van der Waals surface area contributed by atoms with Gasteiger partial charge in [-0.2, -0.15) is 0 Å². The Bertz CT molecular complexity index is 674. The number of piperidine rings is 1. The van der Waals surface area contributed by atoms with Crippen LogP contribution in [0.2, 0.25) is 0 Å². The molecule has 3 heteroatoms. The lowest BCUT2D eigenvalue weighted by Gasteiger charge is -2.41. The third kappa shape index (κ3) is 2.56. The van der Waals surface area contributed by atoms with Gasteiger partial charge in [0.15, 0.2) is 0 Å². The minimum atomic E-state index is 0.0534. The Kier molecular flexibility index (Phi) is 3.81. The third-order valence-corrected chi connectivity index (χ3v) is 5.07. The predicted octanol–water partition coefficient (Wildman–Crippen LogP) is 3.53. The molecule has 1 fully saturated rings. The second-order valence-electron chi connectivity index (χ2n) is 6.68. The summed E-state index contributed by atoms with van der Waals surface area (Å²) in [6, 6.07) is 12.5. The molecule has 1 saturated heterocycles. The molecule has 0 aliphatic carbocycles. The Morgan fingerprint density at radius 1 is 1.18 bits per heavy atom. The van der Waals surface area contributed by atoms with E-state index >= 15 is 0 Å². The van der Waals surface area contributed by atoms with Crippen molar-refractivity contribution >= 4 is 5.91 Å². The number of rotatable bonds is 2. The number of aromatic nitrogens is 1. The molecule has 0 bridgehead atoms. The minimum Gasteiger partial charge on any atom is -0.354 e. The quantitative estimate of drug-likeness (QED) is 0.832. The van der Waals surface area contributed by atoms with Crippen LogP contribution in [0.15, 0.2) is 42.6 Å². The standard InChI is InChI=1S/C19H24N2O/c1-15-17(10-13-20(15)3)18(22)21-12-7-11-19(2,14-21)16-8-5-4-6-9-16/h4-6,8-10,13H,7,11-12,14H2,1-3H3/t19-/m1/s1. The van der Waals surface area contributed by atoms with Gasteiger partial charge in [0.05, 0.1) is 5.56 Å². The molecule has 3 rings (SSSR count). The van der Waals surface area contributed by atoms with Crippen LogP contribution in [0.5, 0.6) is 0 Å². The fourth-order valence-corrected chi connectivity index (χ4v) is 3.49. The lowest BCUT2D eigenvalue weighted by Crippen LogP contribution is -2.47. The number of hydrogen-bond donors (Lipinski definition) is 0. The molecule has 1 atom stereocenters. The van der Waals surface area contributed by atoms with E-state index in [-0.39, 0.29) is 11.3 Å². The lowest BCUT2D eigenvalue weighted by molar-refractivity contribution is 0.0650. The normalized spacial score (nSPS) is 21.9. The van der Waals surface area contributed by atoms with E-state index < -0.39 is 0 Å². The molecule has 2 aromatic rings. The maximum absolute atomic E-state index is 12.9. The number of benzene rings is 1. The Morgan fingerprint density at radius 2 is 1.91 bits per heavy atom. The van der Waals surface area contributed by atoms with Crippen LogP contribution in [-0.2, 0) is 12.5 Å². The van der Waals surface area contributed by atoms with Gasteiger partial charge >= 0.3 is 0 Å². The van der Waals surface area contributed by atoms with Crippen LogP contribution in [0.1, 0.15) is 41.4 Å². The number of amides is 1. The van der Waals surface area contributed by atoms with Gasteiger partial charge in [0.1, 0.15) is 0 Å². The number of likely N-dealkylation sites (tertiary alicyclic amines) is 1. The van der Waals surface area contributed by atoms with Crippen LogP contribution in [0, 0.1) is 6.92 Å². The highest BCUT2D eigenvalue weighted by atomic mass is 16.2. The van der Waals surface area contributed by atoms with Crippen LogP contribution in [0.3, 0.4) is 0 Å². The molecule has 0 saturated carbocycles. The fourth-order valence-electron chi connectivity index (χ4n) is 3.49. The summed E-state index contributed by atoms with van der Waals surface area (Å²) in [6.07, 6.45) is 4.15. The molecule has 0 spiro atoms. The van der Waals surface area contributed by atoms with E-state index in [9.17, 15) is 4.79 Å². The Balaban J connectivity index is 1.84. The van der Waals surface area contributed by atoms with Gasteiger partial charge in [-0.1, -0.05) is 37.3 Å². The predicted molar refractivity (Wildman–Crippen MR) is 89.1 cm³/mol. The maximum Gasteiger partial charge on any atom is 0.255 e. The molecule has 0 unspecified atom stereocenters. The van der Waals surface area contributed by atoms with Gasteiger partial charge in [-0.3, -0.25) is 4.79 Å². The number of carbonyl (C=O) groups is 1. The van der Waals surface area contributed by atoms with Gasteiger partial charge in [-0.25, -0.2) is 0 Å². The maximum atomic E-state index is 12.9. The van der Waals surface area contributed by atoms with Gasteiger partial charge in [0.25, 0.3) is 5.91 Å². The Labute approximate surface area is 132 Å². The fraction of sp³-hybridized carbons (Fsp3) is 0.421. The molecule has 0 radical (unpaired) electrons. The Morgan fingerprint density at radius 3 is 2.55 bits per heavy atom. The largest absolute Gasteiger partial charge is 0.354 e. The first-order valence-electron chi connectivity index (χ1n) is 7.98. The van der Waals surface area contributed by atoms with E-state index in [0.29, 0.717) is 0 Å². The molecule has 1 aliphatic heterocycles. The van der Waals surface area contributed by atoms with Crippen LogP contribution < -0.4 is 0 Å². The third-order valence-electron chi connectivity index (χ3n) is 5.07. The van der Waals surface area contributed by atoms with Crippen molar-refractivity contribution in [1.29, 1.82) is 0 Å². The number of carbonyl (C=O) groups excluding carboxylic acids is 1.